The Balaban J connectivity index is 2.21. The highest BCUT2D eigenvalue weighted by Crippen LogP contribution is 2.39. The van der Waals surface area contributed by atoms with E-state index in [0.717, 1.165) is 0 Å². The number of ether oxygens (including phenoxy) is 2. The minimum atomic E-state index is -0.718. The molecule has 2 aromatic rings. The lowest BCUT2D eigenvalue weighted by atomic mass is 9.82. The molecule has 27 heavy (non-hydrogen) atoms. The van der Waals surface area contributed by atoms with Crippen molar-refractivity contribution in [2.24, 2.45) is 0 Å². The first kappa shape index (κ1) is 18.2. The van der Waals surface area contributed by atoms with Gasteiger partial charge in [0, 0.05) is 5.70 Å². The molecule has 8 nitrogen and oxygen atoms in total. The van der Waals surface area contributed by atoms with Gasteiger partial charge in [0.15, 0.2) is 0 Å². The van der Waals surface area contributed by atoms with Crippen molar-refractivity contribution in [3.05, 3.63) is 80.2 Å². The molecule has 1 aromatic carbocycles. The second kappa shape index (κ2) is 7.36. The number of aromatic nitrogens is 2. The van der Waals surface area contributed by atoms with Crippen molar-refractivity contribution in [2.45, 2.75) is 12.8 Å². The van der Waals surface area contributed by atoms with Gasteiger partial charge in [-0.1, -0.05) is 24.8 Å². The fourth-order valence-electron chi connectivity index (χ4n) is 3.10. The average molecular weight is 369 g/mol. The van der Waals surface area contributed by atoms with Crippen LogP contribution in [0.5, 0.6) is 5.75 Å². The Kier molecular flexibility index (Phi) is 4.98. The van der Waals surface area contributed by atoms with Gasteiger partial charge in [-0.25, -0.2) is 9.59 Å². The van der Waals surface area contributed by atoms with Gasteiger partial charge in [-0.05, 0) is 24.6 Å². The second-order valence-corrected chi connectivity index (χ2v) is 5.95. The molecule has 1 aliphatic rings. The summed E-state index contributed by atoms with van der Waals surface area (Å²) in [5, 5.41) is 2.92. The van der Waals surface area contributed by atoms with Crippen LogP contribution in [-0.2, 0) is 9.53 Å². The number of anilines is 1. The highest BCUT2D eigenvalue weighted by Gasteiger charge is 2.35. The van der Waals surface area contributed by atoms with Crippen molar-refractivity contribution >= 4 is 11.8 Å². The first-order valence-corrected chi connectivity index (χ1v) is 8.22. The summed E-state index contributed by atoms with van der Waals surface area (Å²) in [4.78, 5) is 41.7. The molecule has 0 saturated heterocycles. The van der Waals surface area contributed by atoms with Gasteiger partial charge in [-0.15, -0.1) is 0 Å². The molecule has 0 amide bonds. The van der Waals surface area contributed by atoms with Crippen LogP contribution in [0.15, 0.2) is 57.8 Å². The van der Waals surface area contributed by atoms with Crippen LogP contribution in [0.1, 0.15) is 24.0 Å². The zero-order valence-corrected chi connectivity index (χ0v) is 14.9. The van der Waals surface area contributed by atoms with Crippen molar-refractivity contribution in [1.82, 2.24) is 9.97 Å². The summed E-state index contributed by atoms with van der Waals surface area (Å²) < 4.78 is 10.4. The van der Waals surface area contributed by atoms with Gasteiger partial charge in [0.2, 0.25) is 0 Å². The molecule has 0 fully saturated rings. The van der Waals surface area contributed by atoms with Gasteiger partial charge in [0.05, 0.1) is 24.2 Å². The molecule has 0 saturated carbocycles. The SMILES string of the molecule is C=CCOC(=O)C1=C(C)Nc2[nH]c(=O)[nH]c(=O)c2[C@@H]1c1ccc(OC)cc1. The standard InChI is InChI=1S/C19H19N3O5/c1-4-9-27-18(24)13-10(2)20-16-15(17(23)22-19(25)21-16)14(13)11-5-7-12(26-3)8-6-11/h4-8,14H,1,9H2,2-3H3,(H3,20,21,22,23,25)/t14-/m1/s1. The number of aromatic amines is 2. The van der Waals surface area contributed by atoms with Crippen LogP contribution in [0.3, 0.4) is 0 Å². The van der Waals surface area contributed by atoms with Crippen molar-refractivity contribution in [2.75, 3.05) is 19.0 Å². The molecular weight excluding hydrogens is 350 g/mol. The maximum absolute atomic E-state index is 12.7. The summed E-state index contributed by atoms with van der Waals surface area (Å²) >= 11 is 0. The van der Waals surface area contributed by atoms with Gasteiger partial charge in [-0.2, -0.15) is 0 Å². The Hall–Kier alpha value is -3.55. The summed E-state index contributed by atoms with van der Waals surface area (Å²) in [7, 11) is 1.55. The van der Waals surface area contributed by atoms with Crippen LogP contribution in [0, 0.1) is 0 Å². The van der Waals surface area contributed by atoms with Crippen LogP contribution in [0.2, 0.25) is 0 Å². The number of rotatable bonds is 5. The number of hydrogen-bond donors (Lipinski definition) is 3. The molecule has 8 heteroatoms. The van der Waals surface area contributed by atoms with E-state index in [1.807, 2.05) is 0 Å². The van der Waals surface area contributed by atoms with E-state index >= 15 is 0 Å². The summed E-state index contributed by atoms with van der Waals surface area (Å²) in [5.74, 6) is -0.399. The number of fused-ring (bicyclic) bond motifs is 1. The molecule has 1 atom stereocenters. The third kappa shape index (κ3) is 3.41. The second-order valence-electron chi connectivity index (χ2n) is 5.95. The summed E-state index contributed by atoms with van der Waals surface area (Å²) in [6, 6.07) is 6.99. The molecule has 1 aliphatic heterocycles. The Morgan fingerprint density at radius 3 is 2.56 bits per heavy atom. The predicted molar refractivity (Wildman–Crippen MR) is 100.0 cm³/mol. The average Bonchev–Trinajstić information content (AvgIpc) is 2.64. The first-order valence-electron chi connectivity index (χ1n) is 8.22. The fraction of sp³-hybridized carbons (Fsp3) is 0.211. The lowest BCUT2D eigenvalue weighted by Crippen LogP contribution is -2.35. The van der Waals surface area contributed by atoms with Crippen molar-refractivity contribution in [3.63, 3.8) is 0 Å². The number of methoxy groups -OCH3 is 1. The van der Waals surface area contributed by atoms with E-state index in [-0.39, 0.29) is 23.6 Å². The maximum Gasteiger partial charge on any atom is 0.337 e. The van der Waals surface area contributed by atoms with E-state index in [1.54, 1.807) is 38.3 Å². The molecule has 0 spiro atoms. The Labute approximate surface area is 154 Å². The quantitative estimate of drug-likeness (QED) is 0.545. The highest BCUT2D eigenvalue weighted by atomic mass is 16.5. The highest BCUT2D eigenvalue weighted by molar-refractivity contribution is 5.94. The number of nitrogens with one attached hydrogen (secondary N) is 3. The van der Waals surface area contributed by atoms with Gasteiger partial charge in [-0.3, -0.25) is 14.8 Å². The van der Waals surface area contributed by atoms with Gasteiger partial charge in [0.1, 0.15) is 18.2 Å². The molecule has 0 unspecified atom stereocenters. The van der Waals surface area contributed by atoms with E-state index in [9.17, 15) is 14.4 Å². The molecule has 0 bridgehead atoms. The number of hydrogen-bond acceptors (Lipinski definition) is 6. The summed E-state index contributed by atoms with van der Waals surface area (Å²) in [5.41, 5.74) is 0.469. The van der Waals surface area contributed by atoms with E-state index in [1.165, 1.54) is 6.08 Å². The number of carbonyl (C=O) groups is 1. The topological polar surface area (TPSA) is 113 Å². The van der Waals surface area contributed by atoms with E-state index in [2.05, 4.69) is 21.9 Å². The van der Waals surface area contributed by atoms with Crippen molar-refractivity contribution in [3.8, 4) is 5.75 Å². The molecule has 1 aromatic heterocycles. The molecule has 0 radical (unpaired) electrons. The minimum absolute atomic E-state index is 0.0415. The van der Waals surface area contributed by atoms with Crippen molar-refractivity contribution in [1.29, 1.82) is 0 Å². The number of allylic oxidation sites excluding steroid dienone is 1. The van der Waals surface area contributed by atoms with Gasteiger partial charge in [0.25, 0.3) is 5.56 Å². The van der Waals surface area contributed by atoms with Crippen LogP contribution < -0.4 is 21.3 Å². The zero-order chi connectivity index (χ0) is 19.6. The maximum atomic E-state index is 12.7. The summed E-state index contributed by atoms with van der Waals surface area (Å²) in [6.07, 6.45) is 1.46. The molecular formula is C19H19N3O5. The third-order valence-electron chi connectivity index (χ3n) is 4.27. The Morgan fingerprint density at radius 2 is 1.93 bits per heavy atom. The normalized spacial score (nSPS) is 15.6. The molecule has 3 rings (SSSR count). The lowest BCUT2D eigenvalue weighted by molar-refractivity contribution is -0.138. The van der Waals surface area contributed by atoms with Crippen LogP contribution >= 0.6 is 0 Å². The fourth-order valence-corrected chi connectivity index (χ4v) is 3.10. The lowest BCUT2D eigenvalue weighted by Gasteiger charge is -2.28. The monoisotopic (exact) mass is 369 g/mol. The number of carbonyl (C=O) groups excluding carboxylic acids is 1. The third-order valence-corrected chi connectivity index (χ3v) is 4.27. The van der Waals surface area contributed by atoms with Crippen LogP contribution in [0.4, 0.5) is 5.82 Å². The van der Waals surface area contributed by atoms with Gasteiger partial charge < -0.3 is 14.8 Å². The number of H-pyrrole nitrogens is 2. The van der Waals surface area contributed by atoms with E-state index < -0.39 is 23.1 Å². The number of esters is 1. The molecule has 2 heterocycles. The van der Waals surface area contributed by atoms with E-state index in [4.69, 9.17) is 9.47 Å². The molecule has 140 valence electrons. The largest absolute Gasteiger partial charge is 0.497 e. The predicted octanol–water partition coefficient (Wildman–Crippen LogP) is 1.63. The van der Waals surface area contributed by atoms with Gasteiger partial charge >= 0.3 is 11.7 Å². The Bertz CT molecular complexity index is 1030. The zero-order valence-electron chi connectivity index (χ0n) is 14.9. The van der Waals surface area contributed by atoms with Crippen LogP contribution in [-0.4, -0.2) is 29.7 Å². The van der Waals surface area contributed by atoms with Crippen molar-refractivity contribution < 1.29 is 14.3 Å². The minimum Gasteiger partial charge on any atom is -0.497 e. The Morgan fingerprint density at radius 1 is 1.22 bits per heavy atom. The molecule has 0 aliphatic carbocycles. The smallest absolute Gasteiger partial charge is 0.337 e. The van der Waals surface area contributed by atoms with E-state index in [0.29, 0.717) is 17.0 Å². The number of benzene rings is 1. The van der Waals surface area contributed by atoms with Crippen LogP contribution in [0.25, 0.3) is 0 Å². The molecule has 3 N–H and O–H groups in total. The summed E-state index contributed by atoms with van der Waals surface area (Å²) in [6.45, 7) is 5.26. The first-order chi connectivity index (χ1) is 13.0.